The third-order valence-electron chi connectivity index (χ3n) is 4.78. The van der Waals surface area contributed by atoms with Gasteiger partial charge in [-0.2, -0.15) is 13.2 Å². The van der Waals surface area contributed by atoms with E-state index < -0.39 is 23.6 Å². The van der Waals surface area contributed by atoms with Gasteiger partial charge in [-0.1, -0.05) is 11.6 Å². The second-order valence-electron chi connectivity index (χ2n) is 6.84. The average Bonchev–Trinajstić information content (AvgIpc) is 2.63. The van der Waals surface area contributed by atoms with Gasteiger partial charge in [0.05, 0.1) is 22.7 Å². The van der Waals surface area contributed by atoms with Crippen molar-refractivity contribution in [2.24, 2.45) is 0 Å². The summed E-state index contributed by atoms with van der Waals surface area (Å²) in [5.41, 5.74) is 0.500. The number of aliphatic hydroxyl groups excluding tert-OH is 1. The standard InChI is InChI=1S/C19H20ClF4N3O/c1-11(26-18-16(20)8-12(10-25-18)19(22,23)24)15-9-13(21)2-3-17(15)27-6-4-14(28)5-7-27/h2-3,8-11,14,28H,4-7H2,1H3,(H,25,26). The minimum atomic E-state index is -4.53. The van der Waals surface area contributed by atoms with Gasteiger partial charge in [0.15, 0.2) is 0 Å². The van der Waals surface area contributed by atoms with E-state index in [0.29, 0.717) is 37.7 Å². The maximum Gasteiger partial charge on any atom is 0.417 e. The molecule has 1 aromatic heterocycles. The number of piperidine rings is 1. The topological polar surface area (TPSA) is 48.4 Å². The second-order valence-corrected chi connectivity index (χ2v) is 7.25. The van der Waals surface area contributed by atoms with Gasteiger partial charge < -0.3 is 15.3 Å². The van der Waals surface area contributed by atoms with Crippen LogP contribution in [0.2, 0.25) is 5.02 Å². The summed E-state index contributed by atoms with van der Waals surface area (Å²) < 4.78 is 52.2. The van der Waals surface area contributed by atoms with E-state index in [9.17, 15) is 22.7 Å². The maximum atomic E-state index is 13.9. The fourth-order valence-electron chi connectivity index (χ4n) is 3.25. The molecule has 1 aliphatic rings. The van der Waals surface area contributed by atoms with Gasteiger partial charge in [-0.15, -0.1) is 0 Å². The molecule has 1 fully saturated rings. The van der Waals surface area contributed by atoms with Crippen LogP contribution < -0.4 is 10.2 Å². The zero-order valence-corrected chi connectivity index (χ0v) is 15.9. The summed E-state index contributed by atoms with van der Waals surface area (Å²) in [6.45, 7) is 3.02. The smallest absolute Gasteiger partial charge is 0.393 e. The highest BCUT2D eigenvalue weighted by Crippen LogP contribution is 2.35. The van der Waals surface area contributed by atoms with Crippen molar-refractivity contribution in [1.29, 1.82) is 0 Å². The zero-order valence-electron chi connectivity index (χ0n) is 15.1. The molecule has 3 rings (SSSR count). The number of aromatic nitrogens is 1. The molecule has 2 N–H and O–H groups in total. The number of halogens is 5. The van der Waals surface area contributed by atoms with Crippen molar-refractivity contribution < 1.29 is 22.7 Å². The van der Waals surface area contributed by atoms with E-state index in [2.05, 4.69) is 15.2 Å². The molecule has 2 heterocycles. The van der Waals surface area contributed by atoms with Crippen LogP contribution in [0, 0.1) is 5.82 Å². The van der Waals surface area contributed by atoms with Gasteiger partial charge in [-0.05, 0) is 44.0 Å². The van der Waals surface area contributed by atoms with Crippen molar-refractivity contribution in [2.45, 2.75) is 38.1 Å². The van der Waals surface area contributed by atoms with Crippen LogP contribution in [0.4, 0.5) is 29.1 Å². The van der Waals surface area contributed by atoms with Crippen LogP contribution in [-0.4, -0.2) is 29.3 Å². The summed E-state index contributed by atoms with van der Waals surface area (Å²) in [6, 6.07) is 4.76. The van der Waals surface area contributed by atoms with Crippen LogP contribution in [-0.2, 0) is 6.18 Å². The minimum absolute atomic E-state index is 0.0893. The molecule has 152 valence electrons. The summed E-state index contributed by atoms with van der Waals surface area (Å²) >= 11 is 5.97. The van der Waals surface area contributed by atoms with Crippen molar-refractivity contribution in [2.75, 3.05) is 23.3 Å². The lowest BCUT2D eigenvalue weighted by molar-refractivity contribution is -0.137. The molecule has 1 aromatic carbocycles. The highest BCUT2D eigenvalue weighted by atomic mass is 35.5. The number of nitrogens with one attached hydrogen (secondary N) is 1. The molecule has 2 aromatic rings. The number of pyridine rings is 1. The summed E-state index contributed by atoms with van der Waals surface area (Å²) in [5, 5.41) is 12.5. The molecule has 9 heteroatoms. The lowest BCUT2D eigenvalue weighted by Gasteiger charge is -2.34. The van der Waals surface area contributed by atoms with Crippen LogP contribution >= 0.6 is 11.6 Å². The Morgan fingerprint density at radius 1 is 1.25 bits per heavy atom. The molecule has 1 saturated heterocycles. The predicted molar refractivity (Wildman–Crippen MR) is 100 cm³/mol. The van der Waals surface area contributed by atoms with Crippen molar-refractivity contribution in [3.8, 4) is 0 Å². The molecule has 0 bridgehead atoms. The Morgan fingerprint density at radius 3 is 2.54 bits per heavy atom. The van der Waals surface area contributed by atoms with E-state index in [1.807, 2.05) is 0 Å². The lowest BCUT2D eigenvalue weighted by Crippen LogP contribution is -2.36. The number of nitrogens with zero attached hydrogens (tertiary/aromatic N) is 2. The molecule has 1 aliphatic heterocycles. The van der Waals surface area contributed by atoms with Gasteiger partial charge in [0.25, 0.3) is 0 Å². The first-order valence-corrected chi connectivity index (χ1v) is 9.24. The van der Waals surface area contributed by atoms with Gasteiger partial charge in [0.2, 0.25) is 0 Å². The number of hydrogen-bond donors (Lipinski definition) is 2. The Kier molecular flexibility index (Phi) is 6.00. The predicted octanol–water partition coefficient (Wildman–Crippen LogP) is 5.03. The quantitative estimate of drug-likeness (QED) is 0.685. The van der Waals surface area contributed by atoms with Crippen molar-refractivity contribution >= 4 is 23.1 Å². The van der Waals surface area contributed by atoms with E-state index in [0.717, 1.165) is 11.8 Å². The molecule has 0 radical (unpaired) electrons. The number of anilines is 2. The van der Waals surface area contributed by atoms with Crippen LogP contribution in [0.5, 0.6) is 0 Å². The molecular formula is C19H20ClF4N3O. The molecule has 0 spiro atoms. The highest BCUT2D eigenvalue weighted by Gasteiger charge is 2.32. The fraction of sp³-hybridized carbons (Fsp3) is 0.421. The first kappa shape index (κ1) is 20.7. The van der Waals surface area contributed by atoms with Gasteiger partial charge in [0.1, 0.15) is 11.6 Å². The number of rotatable bonds is 4. The lowest BCUT2D eigenvalue weighted by atomic mass is 10.0. The Balaban J connectivity index is 1.84. The normalized spacial score (nSPS) is 16.9. The van der Waals surface area contributed by atoms with Gasteiger partial charge in [-0.25, -0.2) is 9.37 Å². The van der Waals surface area contributed by atoms with E-state index >= 15 is 0 Å². The molecule has 0 saturated carbocycles. The van der Waals surface area contributed by atoms with Gasteiger partial charge >= 0.3 is 6.18 Å². The monoisotopic (exact) mass is 417 g/mol. The van der Waals surface area contributed by atoms with Gasteiger partial charge in [0, 0.05) is 30.5 Å². The summed E-state index contributed by atoms with van der Waals surface area (Å²) in [5.74, 6) is -0.331. The first-order chi connectivity index (χ1) is 13.1. The largest absolute Gasteiger partial charge is 0.417 e. The van der Waals surface area contributed by atoms with E-state index in [1.165, 1.54) is 12.1 Å². The van der Waals surface area contributed by atoms with Crippen LogP contribution in [0.15, 0.2) is 30.5 Å². The molecule has 0 aliphatic carbocycles. The van der Waals surface area contributed by atoms with Gasteiger partial charge in [-0.3, -0.25) is 0 Å². The maximum absolute atomic E-state index is 13.9. The third-order valence-corrected chi connectivity index (χ3v) is 5.07. The fourth-order valence-corrected chi connectivity index (χ4v) is 3.47. The Bertz CT molecular complexity index is 838. The molecule has 1 unspecified atom stereocenters. The van der Waals surface area contributed by atoms with Crippen molar-refractivity contribution in [1.82, 2.24) is 4.98 Å². The molecular weight excluding hydrogens is 398 g/mol. The number of benzene rings is 1. The summed E-state index contributed by atoms with van der Waals surface area (Å²) in [6.07, 6.45) is -2.93. The van der Waals surface area contributed by atoms with E-state index in [-0.39, 0.29) is 16.9 Å². The van der Waals surface area contributed by atoms with Crippen LogP contribution in [0.3, 0.4) is 0 Å². The SMILES string of the molecule is CC(Nc1ncc(C(F)(F)F)cc1Cl)c1cc(F)ccc1N1CCC(O)CC1. The molecule has 28 heavy (non-hydrogen) atoms. The van der Waals surface area contributed by atoms with Crippen LogP contribution in [0.1, 0.15) is 36.9 Å². The average molecular weight is 418 g/mol. The number of aliphatic hydroxyl groups is 1. The Hall–Kier alpha value is -2.06. The van der Waals surface area contributed by atoms with E-state index in [4.69, 9.17) is 11.6 Å². The summed E-state index contributed by atoms with van der Waals surface area (Å²) in [4.78, 5) is 5.84. The summed E-state index contributed by atoms with van der Waals surface area (Å²) in [7, 11) is 0. The van der Waals surface area contributed by atoms with Crippen molar-refractivity contribution in [3.05, 3.63) is 52.4 Å². The molecule has 1 atom stereocenters. The van der Waals surface area contributed by atoms with Crippen molar-refractivity contribution in [3.63, 3.8) is 0 Å². The third kappa shape index (κ3) is 4.67. The van der Waals surface area contributed by atoms with Crippen LogP contribution in [0.25, 0.3) is 0 Å². The zero-order chi connectivity index (χ0) is 20.5. The molecule has 4 nitrogen and oxygen atoms in total. The second kappa shape index (κ2) is 8.13. The van der Waals surface area contributed by atoms with E-state index in [1.54, 1.807) is 13.0 Å². The highest BCUT2D eigenvalue weighted by molar-refractivity contribution is 6.33. The first-order valence-electron chi connectivity index (χ1n) is 8.87. The Labute approximate surface area is 165 Å². The molecule has 0 amide bonds. The minimum Gasteiger partial charge on any atom is -0.393 e. The number of alkyl halides is 3. The number of hydrogen-bond acceptors (Lipinski definition) is 4. The Morgan fingerprint density at radius 2 is 1.93 bits per heavy atom.